The first-order valence-corrected chi connectivity index (χ1v) is 10.9. The van der Waals surface area contributed by atoms with E-state index in [1.165, 1.54) is 0 Å². The molecule has 154 valence electrons. The van der Waals surface area contributed by atoms with E-state index in [0.29, 0.717) is 6.04 Å². The number of aromatic nitrogens is 3. The number of rotatable bonds is 7. The maximum atomic E-state index is 11.8. The molecular formula is C23H25N5OS. The number of fused-ring (bicyclic) bond motifs is 1. The molecule has 4 rings (SSSR count). The van der Waals surface area contributed by atoms with Gasteiger partial charge < -0.3 is 15.0 Å². The van der Waals surface area contributed by atoms with E-state index >= 15 is 0 Å². The highest BCUT2D eigenvalue weighted by molar-refractivity contribution is 7.18. The van der Waals surface area contributed by atoms with Crippen LogP contribution in [0.4, 0.5) is 5.13 Å². The molecule has 0 aliphatic carbocycles. The average Bonchev–Trinajstić information content (AvgIpc) is 3.39. The number of nitrogens with one attached hydrogen (secondary N) is 2. The van der Waals surface area contributed by atoms with Crippen LogP contribution >= 0.6 is 11.3 Å². The third kappa shape index (κ3) is 4.21. The lowest BCUT2D eigenvalue weighted by molar-refractivity contribution is -0.120. The largest absolute Gasteiger partial charge is 0.359 e. The summed E-state index contributed by atoms with van der Waals surface area (Å²) in [6.45, 7) is 4.31. The van der Waals surface area contributed by atoms with Crippen molar-refractivity contribution in [2.45, 2.75) is 32.7 Å². The van der Waals surface area contributed by atoms with Crippen LogP contribution in [0.2, 0.25) is 0 Å². The van der Waals surface area contributed by atoms with Gasteiger partial charge in [-0.2, -0.15) is 0 Å². The molecule has 0 fully saturated rings. The van der Waals surface area contributed by atoms with Crippen LogP contribution in [-0.2, 0) is 11.2 Å². The van der Waals surface area contributed by atoms with Crippen molar-refractivity contribution in [1.29, 1.82) is 0 Å². The van der Waals surface area contributed by atoms with Crippen LogP contribution in [0, 0.1) is 0 Å². The smallest absolute Gasteiger partial charge is 0.225 e. The SMILES string of the molecule is CC[C@@H](C)Nc1ncc(-c2cc(-c3ccccc3)c3nc(CC(=O)NC)cn3c2)s1. The first kappa shape index (κ1) is 20.1. The van der Waals surface area contributed by atoms with Crippen LogP contribution in [0.3, 0.4) is 0 Å². The van der Waals surface area contributed by atoms with E-state index in [2.05, 4.69) is 53.9 Å². The van der Waals surface area contributed by atoms with Crippen molar-refractivity contribution < 1.29 is 4.79 Å². The zero-order valence-electron chi connectivity index (χ0n) is 17.3. The van der Waals surface area contributed by atoms with Gasteiger partial charge in [0.2, 0.25) is 5.91 Å². The maximum Gasteiger partial charge on any atom is 0.225 e. The third-order valence-electron chi connectivity index (χ3n) is 5.08. The molecule has 3 heterocycles. The fourth-order valence-corrected chi connectivity index (χ4v) is 4.15. The minimum absolute atomic E-state index is 0.0527. The zero-order valence-corrected chi connectivity index (χ0v) is 18.2. The van der Waals surface area contributed by atoms with Gasteiger partial charge in [-0.25, -0.2) is 9.97 Å². The summed E-state index contributed by atoms with van der Waals surface area (Å²) in [5.41, 5.74) is 4.77. The number of carbonyl (C=O) groups is 1. The summed E-state index contributed by atoms with van der Waals surface area (Å²) in [6, 6.07) is 12.7. The summed E-state index contributed by atoms with van der Waals surface area (Å²) >= 11 is 1.64. The molecule has 0 unspecified atom stereocenters. The fraction of sp³-hybridized carbons (Fsp3) is 0.261. The predicted octanol–water partition coefficient (Wildman–Crippen LogP) is 4.62. The van der Waals surface area contributed by atoms with E-state index in [4.69, 9.17) is 4.98 Å². The van der Waals surface area contributed by atoms with Crippen LogP contribution in [0.5, 0.6) is 0 Å². The van der Waals surface area contributed by atoms with Gasteiger partial charge >= 0.3 is 0 Å². The molecule has 4 aromatic rings. The van der Waals surface area contributed by atoms with Gasteiger partial charge in [0.1, 0.15) is 5.65 Å². The summed E-state index contributed by atoms with van der Waals surface area (Å²) in [5, 5.41) is 7.03. The topological polar surface area (TPSA) is 71.3 Å². The number of pyridine rings is 1. The van der Waals surface area contributed by atoms with Crippen molar-refractivity contribution in [2.24, 2.45) is 0 Å². The normalized spacial score (nSPS) is 12.1. The van der Waals surface area contributed by atoms with E-state index < -0.39 is 0 Å². The average molecular weight is 420 g/mol. The van der Waals surface area contributed by atoms with Crippen molar-refractivity contribution in [2.75, 3.05) is 12.4 Å². The second kappa shape index (κ2) is 8.67. The molecule has 1 amide bonds. The highest BCUT2D eigenvalue weighted by Gasteiger charge is 2.15. The number of carbonyl (C=O) groups excluding carboxylic acids is 1. The van der Waals surface area contributed by atoms with Crippen molar-refractivity contribution in [3.05, 3.63) is 60.7 Å². The molecule has 0 radical (unpaired) electrons. The Hall–Kier alpha value is -3.19. The summed E-state index contributed by atoms with van der Waals surface area (Å²) < 4.78 is 2.01. The number of thiazole rings is 1. The first-order valence-electron chi connectivity index (χ1n) is 10.1. The molecule has 0 aliphatic rings. The first-order chi connectivity index (χ1) is 14.6. The maximum absolute atomic E-state index is 11.8. The fourth-order valence-electron chi connectivity index (χ4n) is 3.24. The Morgan fingerprint density at radius 3 is 2.73 bits per heavy atom. The molecule has 0 bridgehead atoms. The van der Waals surface area contributed by atoms with Crippen molar-refractivity contribution in [3.8, 4) is 21.6 Å². The molecule has 1 atom stereocenters. The molecule has 1 aromatic carbocycles. The molecule has 0 saturated carbocycles. The van der Waals surface area contributed by atoms with Crippen LogP contribution in [0.1, 0.15) is 26.0 Å². The lowest BCUT2D eigenvalue weighted by Crippen LogP contribution is -2.20. The lowest BCUT2D eigenvalue weighted by atomic mass is 10.0. The van der Waals surface area contributed by atoms with Crippen LogP contribution < -0.4 is 10.6 Å². The van der Waals surface area contributed by atoms with Crippen LogP contribution in [0.15, 0.2) is 55.0 Å². The standard InChI is InChI=1S/C23H25N5OS/c1-4-15(2)26-23-25-12-20(30-23)17-10-19(16-8-6-5-7-9-16)22-27-18(11-21(29)24-3)14-28(22)13-17/h5-10,12-15H,4,11H2,1-3H3,(H,24,29)(H,25,26)/t15-/m1/s1. The second-order valence-corrected chi connectivity index (χ2v) is 8.34. The monoisotopic (exact) mass is 419 g/mol. The predicted molar refractivity (Wildman–Crippen MR) is 123 cm³/mol. The van der Waals surface area contributed by atoms with Crippen molar-refractivity contribution >= 4 is 28.0 Å². The Morgan fingerprint density at radius 1 is 1.20 bits per heavy atom. The molecule has 30 heavy (non-hydrogen) atoms. The number of anilines is 1. The summed E-state index contributed by atoms with van der Waals surface area (Å²) in [7, 11) is 1.64. The Balaban J connectivity index is 1.80. The number of nitrogens with zero attached hydrogens (tertiary/aromatic N) is 3. The van der Waals surface area contributed by atoms with Gasteiger partial charge in [0, 0.05) is 42.8 Å². The number of imidazole rings is 1. The second-order valence-electron chi connectivity index (χ2n) is 7.30. The van der Waals surface area contributed by atoms with Crippen LogP contribution in [0.25, 0.3) is 27.2 Å². The third-order valence-corrected chi connectivity index (χ3v) is 6.06. The number of likely N-dealkylation sites (N-methyl/N-ethyl adjacent to an activating group) is 1. The highest BCUT2D eigenvalue weighted by atomic mass is 32.1. The number of benzene rings is 1. The Bertz CT molecular complexity index is 1170. The van der Waals surface area contributed by atoms with Gasteiger partial charge in [-0.1, -0.05) is 48.6 Å². The summed E-state index contributed by atoms with van der Waals surface area (Å²) in [4.78, 5) is 22.2. The molecule has 2 N–H and O–H groups in total. The highest BCUT2D eigenvalue weighted by Crippen LogP contribution is 2.34. The lowest BCUT2D eigenvalue weighted by Gasteiger charge is -2.09. The van der Waals surface area contributed by atoms with E-state index in [1.54, 1.807) is 18.4 Å². The van der Waals surface area contributed by atoms with Crippen LogP contribution in [-0.4, -0.2) is 33.4 Å². The molecule has 0 spiro atoms. The van der Waals surface area contributed by atoms with Crippen molar-refractivity contribution in [1.82, 2.24) is 19.7 Å². The van der Waals surface area contributed by atoms with E-state index in [0.717, 1.165) is 44.5 Å². The Labute approximate surface area is 180 Å². The van der Waals surface area contributed by atoms with Gasteiger partial charge in [0.05, 0.1) is 17.0 Å². The quantitative estimate of drug-likeness (QED) is 0.458. The van der Waals surface area contributed by atoms with Gasteiger partial charge in [-0.3, -0.25) is 4.79 Å². The van der Waals surface area contributed by atoms with E-state index in [-0.39, 0.29) is 12.3 Å². The van der Waals surface area contributed by atoms with Gasteiger partial charge in [-0.15, -0.1) is 0 Å². The molecular weight excluding hydrogens is 394 g/mol. The molecule has 0 saturated heterocycles. The summed E-state index contributed by atoms with van der Waals surface area (Å²) in [6.07, 6.45) is 7.20. The molecule has 3 aromatic heterocycles. The Morgan fingerprint density at radius 2 is 2.00 bits per heavy atom. The zero-order chi connectivity index (χ0) is 21.1. The van der Waals surface area contributed by atoms with Gasteiger partial charge in [0.25, 0.3) is 0 Å². The van der Waals surface area contributed by atoms with Gasteiger partial charge in [-0.05, 0) is 25.0 Å². The van der Waals surface area contributed by atoms with E-state index in [1.807, 2.05) is 35.0 Å². The molecule has 6 nitrogen and oxygen atoms in total. The minimum atomic E-state index is -0.0527. The number of amides is 1. The number of hydrogen-bond acceptors (Lipinski definition) is 5. The minimum Gasteiger partial charge on any atom is -0.359 e. The van der Waals surface area contributed by atoms with E-state index in [9.17, 15) is 4.79 Å². The summed E-state index contributed by atoms with van der Waals surface area (Å²) in [5.74, 6) is -0.0527. The van der Waals surface area contributed by atoms with Crippen molar-refractivity contribution in [3.63, 3.8) is 0 Å². The van der Waals surface area contributed by atoms with Gasteiger partial charge in [0.15, 0.2) is 5.13 Å². The Kier molecular flexibility index (Phi) is 5.81. The molecule has 7 heteroatoms. The molecule has 0 aliphatic heterocycles. The number of hydrogen-bond donors (Lipinski definition) is 2.